The van der Waals surface area contributed by atoms with Crippen molar-refractivity contribution in [2.75, 3.05) is 6.61 Å². The van der Waals surface area contributed by atoms with Gasteiger partial charge >= 0.3 is 0 Å². The molecule has 0 unspecified atom stereocenters. The molecule has 3 aromatic rings. The van der Waals surface area contributed by atoms with E-state index in [-0.39, 0.29) is 19.0 Å². The van der Waals surface area contributed by atoms with Gasteiger partial charge in [0.1, 0.15) is 12.4 Å². The summed E-state index contributed by atoms with van der Waals surface area (Å²) in [5.74, 6) is 0.848. The molecule has 0 radical (unpaired) electrons. The highest BCUT2D eigenvalue weighted by atomic mass is 35.5. The maximum Gasteiger partial charge on any atom is 0.120 e. The third-order valence-electron chi connectivity index (χ3n) is 5.26. The molecule has 0 aromatic heterocycles. The van der Waals surface area contributed by atoms with Crippen LogP contribution in [0, 0.1) is 0 Å². The van der Waals surface area contributed by atoms with E-state index in [1.807, 2.05) is 43.3 Å². The van der Waals surface area contributed by atoms with Crippen molar-refractivity contribution in [2.45, 2.75) is 49.0 Å². The van der Waals surface area contributed by atoms with E-state index in [2.05, 4.69) is 36.4 Å². The second-order valence-corrected chi connectivity index (χ2v) is 9.15. The molecule has 3 N–H and O–H groups in total. The van der Waals surface area contributed by atoms with Crippen LogP contribution in [0.1, 0.15) is 37.3 Å². The molecule has 0 fully saturated rings. The van der Waals surface area contributed by atoms with Crippen molar-refractivity contribution in [3.05, 3.63) is 100 Å². The van der Waals surface area contributed by atoms with Gasteiger partial charge in [-0.2, -0.15) is 0 Å². The molecule has 0 atom stereocenters. The largest absolute Gasteiger partial charge is 0.489 e. The summed E-state index contributed by atoms with van der Waals surface area (Å²) in [7, 11) is 0. The Balaban J connectivity index is 0.00000385. The first-order chi connectivity index (χ1) is 15.6. The number of aliphatic hydroxyl groups excluding tert-OH is 1. The summed E-state index contributed by atoms with van der Waals surface area (Å²) in [6.07, 6.45) is 3.32. The standard InChI is InChI=1S/C27H30ClNO2S.ClH/c1-2-27(29)22(18-30)11-6-10-21-14-15-25(17-26(21)28)32-24-13-7-12-23(16-24)31-19-20-8-4-3-5-9-20;/h3-5,7-9,12-17,30H,2,6,10-11,18-19,29H2,1H3;1H/b27-22+;. The number of ether oxygens (including phenoxy) is 1. The van der Waals surface area contributed by atoms with Gasteiger partial charge in [0.15, 0.2) is 0 Å². The van der Waals surface area contributed by atoms with Gasteiger partial charge in [0.05, 0.1) is 6.61 Å². The number of nitrogens with two attached hydrogens (primary N) is 1. The van der Waals surface area contributed by atoms with Crippen LogP contribution in [0.5, 0.6) is 5.75 Å². The van der Waals surface area contributed by atoms with Crippen LogP contribution in [-0.4, -0.2) is 11.7 Å². The summed E-state index contributed by atoms with van der Waals surface area (Å²) in [5, 5.41) is 10.3. The summed E-state index contributed by atoms with van der Waals surface area (Å²) >= 11 is 8.22. The molecule has 176 valence electrons. The molecule has 0 aliphatic heterocycles. The fraction of sp³-hybridized carbons (Fsp3) is 0.259. The van der Waals surface area contributed by atoms with E-state index in [0.29, 0.717) is 6.61 Å². The molecule has 0 saturated heterocycles. The monoisotopic (exact) mass is 503 g/mol. The van der Waals surface area contributed by atoms with Crippen LogP contribution in [0.25, 0.3) is 0 Å². The highest BCUT2D eigenvalue weighted by molar-refractivity contribution is 7.99. The van der Waals surface area contributed by atoms with Crippen LogP contribution in [-0.2, 0) is 13.0 Å². The Morgan fingerprint density at radius 2 is 1.76 bits per heavy atom. The van der Waals surface area contributed by atoms with Gasteiger partial charge in [-0.15, -0.1) is 12.4 Å². The summed E-state index contributed by atoms with van der Waals surface area (Å²) < 4.78 is 5.94. The van der Waals surface area contributed by atoms with E-state index in [4.69, 9.17) is 22.1 Å². The highest BCUT2D eigenvalue weighted by Crippen LogP contribution is 2.33. The maximum atomic E-state index is 9.49. The lowest BCUT2D eigenvalue weighted by atomic mass is 10.0. The Hall–Kier alpha value is -2.11. The number of rotatable bonds is 11. The molecule has 33 heavy (non-hydrogen) atoms. The van der Waals surface area contributed by atoms with Crippen LogP contribution in [0.2, 0.25) is 5.02 Å². The molecule has 0 amide bonds. The first kappa shape index (κ1) is 27.1. The molecular formula is C27H31Cl2NO2S. The van der Waals surface area contributed by atoms with Gasteiger partial charge in [0.25, 0.3) is 0 Å². The predicted octanol–water partition coefficient (Wildman–Crippen LogP) is 7.43. The van der Waals surface area contributed by atoms with Gasteiger partial charge < -0.3 is 15.6 Å². The molecule has 0 saturated carbocycles. The quantitative estimate of drug-likeness (QED) is 0.285. The maximum absolute atomic E-state index is 9.49. The van der Waals surface area contributed by atoms with Gasteiger partial charge in [0.2, 0.25) is 0 Å². The predicted molar refractivity (Wildman–Crippen MR) is 142 cm³/mol. The number of allylic oxidation sites excluding steroid dienone is 1. The topological polar surface area (TPSA) is 55.5 Å². The van der Waals surface area contributed by atoms with Gasteiger partial charge in [-0.1, -0.05) is 72.8 Å². The summed E-state index contributed by atoms with van der Waals surface area (Å²) in [4.78, 5) is 2.19. The molecule has 3 nitrogen and oxygen atoms in total. The number of aryl methyl sites for hydroxylation is 1. The van der Waals surface area contributed by atoms with E-state index < -0.39 is 0 Å². The molecule has 3 rings (SSSR count). The zero-order valence-corrected chi connectivity index (χ0v) is 21.2. The SMILES string of the molecule is CC/C(N)=C(\CO)CCCc1ccc(Sc2cccc(OCc3ccccc3)c2)cc1Cl.Cl. The van der Waals surface area contributed by atoms with E-state index in [1.54, 1.807) is 11.8 Å². The number of hydrogen-bond acceptors (Lipinski definition) is 4. The minimum atomic E-state index is 0. The lowest BCUT2D eigenvalue weighted by molar-refractivity contribution is 0.305. The van der Waals surface area contributed by atoms with Gasteiger partial charge in [-0.3, -0.25) is 0 Å². The Labute approximate surface area is 212 Å². The smallest absolute Gasteiger partial charge is 0.120 e. The third kappa shape index (κ3) is 8.63. The van der Waals surface area contributed by atoms with Crippen molar-refractivity contribution >= 4 is 35.8 Å². The second kappa shape index (κ2) is 14.2. The Bertz CT molecular complexity index is 1040. The molecule has 0 aliphatic carbocycles. The summed E-state index contributed by atoms with van der Waals surface area (Å²) in [5.41, 5.74) is 9.96. The summed E-state index contributed by atoms with van der Waals surface area (Å²) in [6.45, 7) is 2.58. The zero-order chi connectivity index (χ0) is 22.8. The van der Waals surface area contributed by atoms with Crippen molar-refractivity contribution in [1.82, 2.24) is 0 Å². The van der Waals surface area contributed by atoms with Crippen molar-refractivity contribution in [2.24, 2.45) is 5.73 Å². The molecule has 3 aromatic carbocycles. The molecule has 0 heterocycles. The van der Waals surface area contributed by atoms with Crippen molar-refractivity contribution in [3.63, 3.8) is 0 Å². The van der Waals surface area contributed by atoms with Crippen LogP contribution < -0.4 is 10.5 Å². The van der Waals surface area contributed by atoms with Crippen LogP contribution in [0.4, 0.5) is 0 Å². The molecule has 0 aliphatic rings. The molecule has 6 heteroatoms. The number of halogens is 2. The molecular weight excluding hydrogens is 473 g/mol. The first-order valence-corrected chi connectivity index (χ1v) is 12.1. The summed E-state index contributed by atoms with van der Waals surface area (Å²) in [6, 6.07) is 24.5. The average Bonchev–Trinajstić information content (AvgIpc) is 2.82. The number of benzene rings is 3. The van der Waals surface area contributed by atoms with Gasteiger partial charge in [0, 0.05) is 20.5 Å². The Morgan fingerprint density at radius 3 is 2.45 bits per heavy atom. The third-order valence-corrected chi connectivity index (χ3v) is 6.60. The van der Waals surface area contributed by atoms with E-state index in [9.17, 15) is 5.11 Å². The average molecular weight is 505 g/mol. The lowest BCUT2D eigenvalue weighted by Crippen LogP contribution is -2.05. The van der Waals surface area contributed by atoms with Gasteiger partial charge in [-0.05, 0) is 72.7 Å². The lowest BCUT2D eigenvalue weighted by Gasteiger charge is -2.11. The van der Waals surface area contributed by atoms with Crippen molar-refractivity contribution < 1.29 is 9.84 Å². The number of hydrogen-bond donors (Lipinski definition) is 2. The van der Waals surface area contributed by atoms with E-state index >= 15 is 0 Å². The normalized spacial score (nSPS) is 11.5. The van der Waals surface area contributed by atoms with Crippen molar-refractivity contribution in [3.8, 4) is 5.75 Å². The Morgan fingerprint density at radius 1 is 1.00 bits per heavy atom. The minimum absolute atomic E-state index is 0. The fourth-order valence-electron chi connectivity index (χ4n) is 3.38. The second-order valence-electron chi connectivity index (χ2n) is 7.60. The van der Waals surface area contributed by atoms with E-state index in [1.165, 1.54) is 0 Å². The minimum Gasteiger partial charge on any atom is -0.489 e. The first-order valence-electron chi connectivity index (χ1n) is 10.9. The molecule has 0 bridgehead atoms. The van der Waals surface area contributed by atoms with E-state index in [0.717, 1.165) is 68.6 Å². The van der Waals surface area contributed by atoms with Gasteiger partial charge in [-0.25, -0.2) is 0 Å². The number of aliphatic hydroxyl groups is 1. The van der Waals surface area contributed by atoms with Crippen LogP contribution in [0.3, 0.4) is 0 Å². The fourth-order valence-corrected chi connectivity index (χ4v) is 4.63. The van der Waals surface area contributed by atoms with Crippen LogP contribution >= 0.6 is 35.8 Å². The highest BCUT2D eigenvalue weighted by Gasteiger charge is 2.07. The zero-order valence-electron chi connectivity index (χ0n) is 18.8. The Kier molecular flexibility index (Phi) is 11.7. The van der Waals surface area contributed by atoms with Crippen LogP contribution in [0.15, 0.2) is 93.9 Å². The molecule has 0 spiro atoms. The van der Waals surface area contributed by atoms with Crippen molar-refractivity contribution in [1.29, 1.82) is 0 Å².